The Morgan fingerprint density at radius 3 is 2.62 bits per heavy atom. The minimum atomic E-state index is 0. The van der Waals surface area contributed by atoms with Crippen molar-refractivity contribution in [3.05, 3.63) is 59.7 Å². The number of methoxy groups -OCH3 is 2. The van der Waals surface area contributed by atoms with E-state index in [0.29, 0.717) is 12.5 Å². The molecule has 1 atom stereocenters. The number of halogens is 1. The Morgan fingerprint density at radius 2 is 1.91 bits per heavy atom. The van der Waals surface area contributed by atoms with E-state index in [4.69, 9.17) is 14.5 Å². The number of ether oxygens (including phenoxy) is 2. The highest BCUT2D eigenvalue weighted by molar-refractivity contribution is 14.0. The first-order chi connectivity index (χ1) is 15.2. The predicted octanol–water partition coefficient (Wildman–Crippen LogP) is 3.94. The average molecular weight is 553 g/mol. The Bertz CT molecular complexity index is 832. The number of rotatable bonds is 10. The van der Waals surface area contributed by atoms with Gasteiger partial charge in [0.25, 0.3) is 0 Å². The van der Waals surface area contributed by atoms with Crippen molar-refractivity contribution in [2.24, 2.45) is 10.9 Å². The highest BCUT2D eigenvalue weighted by Gasteiger charge is 2.22. The first-order valence-electron chi connectivity index (χ1n) is 11.2. The Morgan fingerprint density at radius 1 is 1.09 bits per heavy atom. The molecule has 1 aliphatic rings. The van der Waals surface area contributed by atoms with Gasteiger partial charge in [0.05, 0.1) is 20.8 Å². The molecular formula is C25H37IN4O2. The molecule has 1 unspecified atom stereocenters. The molecule has 0 bridgehead atoms. The second kappa shape index (κ2) is 14.2. The third-order valence-corrected chi connectivity index (χ3v) is 5.73. The molecule has 0 saturated carbocycles. The van der Waals surface area contributed by atoms with Gasteiger partial charge in [0.15, 0.2) is 5.96 Å². The maximum absolute atomic E-state index is 5.49. The summed E-state index contributed by atoms with van der Waals surface area (Å²) in [5.41, 5.74) is 2.45. The molecular weight excluding hydrogens is 515 g/mol. The van der Waals surface area contributed by atoms with Gasteiger partial charge in [-0.05, 0) is 49.9 Å². The number of hydrogen-bond acceptors (Lipinski definition) is 4. The van der Waals surface area contributed by atoms with Crippen molar-refractivity contribution in [3.8, 4) is 11.5 Å². The normalized spacial score (nSPS) is 16.3. The second-order valence-corrected chi connectivity index (χ2v) is 7.94. The molecule has 2 aromatic carbocycles. The summed E-state index contributed by atoms with van der Waals surface area (Å²) in [7, 11) is 3.33. The van der Waals surface area contributed by atoms with E-state index in [1.807, 2.05) is 18.2 Å². The quantitative estimate of drug-likeness (QED) is 0.266. The summed E-state index contributed by atoms with van der Waals surface area (Å²) in [5, 5.41) is 6.89. The molecule has 6 nitrogen and oxygen atoms in total. The lowest BCUT2D eigenvalue weighted by Crippen LogP contribution is -2.40. The summed E-state index contributed by atoms with van der Waals surface area (Å²) >= 11 is 0. The van der Waals surface area contributed by atoms with Crippen LogP contribution in [0.2, 0.25) is 0 Å². The molecule has 1 fully saturated rings. The van der Waals surface area contributed by atoms with E-state index < -0.39 is 0 Å². The molecule has 0 aliphatic carbocycles. The monoisotopic (exact) mass is 552 g/mol. The Labute approximate surface area is 209 Å². The molecule has 0 spiro atoms. The predicted molar refractivity (Wildman–Crippen MR) is 142 cm³/mol. The lowest BCUT2D eigenvalue weighted by Gasteiger charge is -2.18. The van der Waals surface area contributed by atoms with E-state index in [0.717, 1.165) is 55.6 Å². The van der Waals surface area contributed by atoms with Crippen molar-refractivity contribution in [3.63, 3.8) is 0 Å². The number of likely N-dealkylation sites (tertiary alicyclic amines) is 1. The largest absolute Gasteiger partial charge is 0.497 e. The van der Waals surface area contributed by atoms with E-state index in [2.05, 4.69) is 52.8 Å². The van der Waals surface area contributed by atoms with Crippen molar-refractivity contribution in [1.29, 1.82) is 0 Å². The van der Waals surface area contributed by atoms with Gasteiger partial charge in [-0.3, -0.25) is 0 Å². The number of hydrogen-bond donors (Lipinski definition) is 2. The number of nitrogens with one attached hydrogen (secondary N) is 2. The van der Waals surface area contributed by atoms with E-state index >= 15 is 0 Å². The minimum Gasteiger partial charge on any atom is -0.497 e. The van der Waals surface area contributed by atoms with Crippen molar-refractivity contribution in [2.45, 2.75) is 26.3 Å². The van der Waals surface area contributed by atoms with Crippen molar-refractivity contribution in [1.82, 2.24) is 15.5 Å². The van der Waals surface area contributed by atoms with Crippen LogP contribution in [0, 0.1) is 5.92 Å². The van der Waals surface area contributed by atoms with Crippen LogP contribution in [0.1, 0.15) is 24.5 Å². The average Bonchev–Trinajstić information content (AvgIpc) is 3.28. The highest BCUT2D eigenvalue weighted by atomic mass is 127. The van der Waals surface area contributed by atoms with Crippen molar-refractivity contribution in [2.75, 3.05) is 46.9 Å². The van der Waals surface area contributed by atoms with E-state index in [1.54, 1.807) is 14.2 Å². The van der Waals surface area contributed by atoms with Gasteiger partial charge in [0, 0.05) is 37.8 Å². The lowest BCUT2D eigenvalue weighted by molar-refractivity contribution is 0.328. The lowest BCUT2D eigenvalue weighted by atomic mass is 10.1. The summed E-state index contributed by atoms with van der Waals surface area (Å²) in [5.74, 6) is 3.08. The number of nitrogens with zero attached hydrogens (tertiary/aromatic N) is 2. The van der Waals surface area contributed by atoms with Gasteiger partial charge < -0.3 is 25.0 Å². The van der Waals surface area contributed by atoms with Crippen LogP contribution in [0.4, 0.5) is 0 Å². The molecule has 2 N–H and O–H groups in total. The number of benzene rings is 2. The SMILES string of the molecule is CCNC(=NCc1ccc(OC)cc1OC)NCC1CCN(CCc2ccccc2)C1.I. The topological polar surface area (TPSA) is 58.1 Å². The van der Waals surface area contributed by atoms with Crippen LogP contribution in [-0.2, 0) is 13.0 Å². The van der Waals surface area contributed by atoms with Crippen LogP contribution in [0.25, 0.3) is 0 Å². The summed E-state index contributed by atoms with van der Waals surface area (Å²) in [6.07, 6.45) is 2.35. The van der Waals surface area contributed by atoms with E-state index in [-0.39, 0.29) is 24.0 Å². The van der Waals surface area contributed by atoms with Crippen LogP contribution < -0.4 is 20.1 Å². The molecule has 7 heteroatoms. The molecule has 3 rings (SSSR count). The zero-order valence-electron chi connectivity index (χ0n) is 19.5. The first kappa shape index (κ1) is 26.3. The minimum absolute atomic E-state index is 0. The van der Waals surface area contributed by atoms with Crippen LogP contribution in [-0.4, -0.2) is 57.8 Å². The van der Waals surface area contributed by atoms with Gasteiger partial charge in [0.1, 0.15) is 11.5 Å². The first-order valence-corrected chi connectivity index (χ1v) is 11.2. The van der Waals surface area contributed by atoms with Crippen molar-refractivity contribution < 1.29 is 9.47 Å². The highest BCUT2D eigenvalue weighted by Crippen LogP contribution is 2.25. The molecule has 1 aliphatic heterocycles. The molecule has 32 heavy (non-hydrogen) atoms. The fourth-order valence-electron chi connectivity index (χ4n) is 3.94. The summed E-state index contributed by atoms with van der Waals surface area (Å²) in [6, 6.07) is 16.6. The molecule has 1 saturated heterocycles. The second-order valence-electron chi connectivity index (χ2n) is 7.94. The molecule has 176 valence electrons. The molecule has 0 aromatic heterocycles. The summed E-state index contributed by atoms with van der Waals surface area (Å²) in [4.78, 5) is 7.34. The summed E-state index contributed by atoms with van der Waals surface area (Å²) in [6.45, 7) is 7.86. The Balaban J connectivity index is 0.00000363. The van der Waals surface area contributed by atoms with Gasteiger partial charge in [-0.25, -0.2) is 4.99 Å². The fraction of sp³-hybridized carbons (Fsp3) is 0.480. The van der Waals surface area contributed by atoms with Crippen LogP contribution in [0.5, 0.6) is 11.5 Å². The van der Waals surface area contributed by atoms with Gasteiger partial charge in [-0.2, -0.15) is 0 Å². The zero-order chi connectivity index (χ0) is 21.9. The standard InChI is InChI=1S/C25H36N4O2.HI/c1-4-26-25(28-18-22-10-11-23(30-2)16-24(22)31-3)27-17-21-13-15-29(19-21)14-12-20-8-6-5-7-9-20;/h5-11,16,21H,4,12-15,17-19H2,1-3H3,(H2,26,27,28);1H. The molecule has 0 amide bonds. The molecule has 0 radical (unpaired) electrons. The van der Waals surface area contributed by atoms with Crippen LogP contribution in [0.3, 0.4) is 0 Å². The van der Waals surface area contributed by atoms with E-state index in [1.165, 1.54) is 18.5 Å². The fourth-order valence-corrected chi connectivity index (χ4v) is 3.94. The number of aliphatic imine (C=N–C) groups is 1. The van der Waals surface area contributed by atoms with Crippen molar-refractivity contribution >= 4 is 29.9 Å². The van der Waals surface area contributed by atoms with Gasteiger partial charge in [0.2, 0.25) is 0 Å². The third-order valence-electron chi connectivity index (χ3n) is 5.73. The summed E-state index contributed by atoms with van der Waals surface area (Å²) < 4.78 is 10.8. The Hall–Kier alpha value is -2.00. The maximum atomic E-state index is 5.49. The van der Waals surface area contributed by atoms with Crippen LogP contribution in [0.15, 0.2) is 53.5 Å². The molecule has 2 aromatic rings. The third kappa shape index (κ3) is 8.16. The maximum Gasteiger partial charge on any atom is 0.191 e. The zero-order valence-corrected chi connectivity index (χ0v) is 21.8. The smallest absolute Gasteiger partial charge is 0.191 e. The van der Waals surface area contributed by atoms with Gasteiger partial charge in [-0.1, -0.05) is 30.3 Å². The molecule has 1 heterocycles. The van der Waals surface area contributed by atoms with Gasteiger partial charge >= 0.3 is 0 Å². The van der Waals surface area contributed by atoms with E-state index in [9.17, 15) is 0 Å². The number of guanidine groups is 1. The Kier molecular flexibility index (Phi) is 11.7. The van der Waals surface area contributed by atoms with Gasteiger partial charge in [-0.15, -0.1) is 24.0 Å². The van der Waals surface area contributed by atoms with Crippen LogP contribution >= 0.6 is 24.0 Å².